The second-order valence-corrected chi connectivity index (χ2v) is 2.93. The molecule has 1 aromatic carbocycles. The highest BCUT2D eigenvalue weighted by Gasteiger charge is 2.16. The van der Waals surface area contributed by atoms with Gasteiger partial charge >= 0.3 is 5.97 Å². The SMILES string of the molecule is COC(=O)c1cc(Cl)cc(OC)c1O. The number of halogens is 1. The Labute approximate surface area is 86.0 Å². The van der Waals surface area contributed by atoms with Crippen LogP contribution in [0.15, 0.2) is 12.1 Å². The fraction of sp³-hybridized carbons (Fsp3) is 0.222. The van der Waals surface area contributed by atoms with Crippen LogP contribution in [-0.2, 0) is 4.74 Å². The summed E-state index contributed by atoms with van der Waals surface area (Å²) in [7, 11) is 2.58. The van der Waals surface area contributed by atoms with Crippen molar-refractivity contribution < 1.29 is 19.4 Å². The smallest absolute Gasteiger partial charge is 0.341 e. The van der Waals surface area contributed by atoms with Crippen LogP contribution in [0.2, 0.25) is 5.02 Å². The second kappa shape index (κ2) is 4.19. The molecule has 0 aliphatic rings. The fourth-order valence-corrected chi connectivity index (χ4v) is 1.20. The topological polar surface area (TPSA) is 55.8 Å². The lowest BCUT2D eigenvalue weighted by molar-refractivity contribution is 0.0597. The molecule has 14 heavy (non-hydrogen) atoms. The summed E-state index contributed by atoms with van der Waals surface area (Å²) in [5.41, 5.74) is -0.0168. The summed E-state index contributed by atoms with van der Waals surface area (Å²) < 4.78 is 9.28. The molecule has 1 rings (SSSR count). The quantitative estimate of drug-likeness (QED) is 0.767. The van der Waals surface area contributed by atoms with Crippen molar-refractivity contribution in [2.75, 3.05) is 14.2 Å². The van der Waals surface area contributed by atoms with Crippen molar-refractivity contribution >= 4 is 17.6 Å². The van der Waals surface area contributed by atoms with E-state index >= 15 is 0 Å². The molecule has 0 amide bonds. The Kier molecular flexibility index (Phi) is 3.19. The Morgan fingerprint density at radius 1 is 1.43 bits per heavy atom. The third-order valence-electron chi connectivity index (χ3n) is 1.66. The number of methoxy groups -OCH3 is 2. The monoisotopic (exact) mass is 216 g/mol. The molecular formula is C9H9ClO4. The van der Waals surface area contributed by atoms with E-state index in [2.05, 4.69) is 4.74 Å². The first-order valence-corrected chi connectivity index (χ1v) is 4.12. The van der Waals surface area contributed by atoms with E-state index in [0.29, 0.717) is 5.02 Å². The maximum absolute atomic E-state index is 11.2. The first-order valence-electron chi connectivity index (χ1n) is 3.75. The zero-order chi connectivity index (χ0) is 10.7. The Morgan fingerprint density at radius 2 is 2.07 bits per heavy atom. The molecule has 4 nitrogen and oxygen atoms in total. The van der Waals surface area contributed by atoms with Crippen molar-refractivity contribution in [1.82, 2.24) is 0 Å². The van der Waals surface area contributed by atoms with Gasteiger partial charge in [-0.2, -0.15) is 0 Å². The first-order chi connectivity index (χ1) is 6.60. The molecule has 5 heteroatoms. The minimum atomic E-state index is -0.664. The van der Waals surface area contributed by atoms with Crippen molar-refractivity contribution in [3.63, 3.8) is 0 Å². The number of phenols is 1. The molecule has 0 fully saturated rings. The van der Waals surface area contributed by atoms with E-state index < -0.39 is 5.97 Å². The van der Waals surface area contributed by atoms with Crippen LogP contribution >= 0.6 is 11.6 Å². The van der Waals surface area contributed by atoms with Crippen molar-refractivity contribution in [3.8, 4) is 11.5 Å². The zero-order valence-corrected chi connectivity index (χ0v) is 8.46. The molecule has 0 spiro atoms. The fourth-order valence-electron chi connectivity index (χ4n) is 0.995. The third kappa shape index (κ3) is 1.90. The van der Waals surface area contributed by atoms with Gasteiger partial charge in [0.05, 0.1) is 14.2 Å². The number of aromatic hydroxyl groups is 1. The van der Waals surface area contributed by atoms with Gasteiger partial charge in [0.15, 0.2) is 11.5 Å². The molecule has 0 saturated heterocycles. The second-order valence-electron chi connectivity index (χ2n) is 2.50. The average molecular weight is 217 g/mol. The number of carbonyl (C=O) groups is 1. The molecule has 0 saturated carbocycles. The van der Waals surface area contributed by atoms with Crippen molar-refractivity contribution in [1.29, 1.82) is 0 Å². The van der Waals surface area contributed by atoms with E-state index in [9.17, 15) is 9.90 Å². The number of rotatable bonds is 2. The summed E-state index contributed by atoms with van der Waals surface area (Å²) in [6.07, 6.45) is 0. The highest BCUT2D eigenvalue weighted by atomic mass is 35.5. The van der Waals surface area contributed by atoms with E-state index in [1.807, 2.05) is 0 Å². The molecule has 1 N–H and O–H groups in total. The molecule has 0 atom stereocenters. The van der Waals surface area contributed by atoms with Gasteiger partial charge in [-0.05, 0) is 6.07 Å². The van der Waals surface area contributed by atoms with E-state index in [1.165, 1.54) is 26.4 Å². The van der Waals surface area contributed by atoms with E-state index in [4.69, 9.17) is 16.3 Å². The van der Waals surface area contributed by atoms with Gasteiger partial charge in [-0.15, -0.1) is 0 Å². The van der Waals surface area contributed by atoms with Gasteiger partial charge in [-0.1, -0.05) is 11.6 Å². The number of ether oxygens (including phenoxy) is 2. The maximum Gasteiger partial charge on any atom is 0.341 e. The lowest BCUT2D eigenvalue weighted by Crippen LogP contribution is -2.02. The minimum Gasteiger partial charge on any atom is -0.504 e. The number of hydrogen-bond acceptors (Lipinski definition) is 4. The highest BCUT2D eigenvalue weighted by Crippen LogP contribution is 2.33. The van der Waals surface area contributed by atoms with Gasteiger partial charge in [-0.25, -0.2) is 4.79 Å². The Bertz CT molecular complexity index is 362. The number of esters is 1. The molecule has 0 unspecified atom stereocenters. The zero-order valence-electron chi connectivity index (χ0n) is 7.70. The summed E-state index contributed by atoms with van der Waals surface area (Å²) in [6.45, 7) is 0. The van der Waals surface area contributed by atoms with Gasteiger partial charge in [0.2, 0.25) is 0 Å². The maximum atomic E-state index is 11.2. The highest BCUT2D eigenvalue weighted by molar-refractivity contribution is 6.31. The van der Waals surface area contributed by atoms with Crippen LogP contribution in [0.3, 0.4) is 0 Å². The van der Waals surface area contributed by atoms with E-state index in [-0.39, 0.29) is 17.1 Å². The Balaban J connectivity index is 3.29. The van der Waals surface area contributed by atoms with Crippen molar-refractivity contribution in [3.05, 3.63) is 22.7 Å². The van der Waals surface area contributed by atoms with Crippen LogP contribution in [-0.4, -0.2) is 25.3 Å². The molecule has 76 valence electrons. The van der Waals surface area contributed by atoms with Gasteiger partial charge in [-0.3, -0.25) is 0 Å². The Hall–Kier alpha value is -1.42. The molecule has 0 aliphatic carbocycles. The van der Waals surface area contributed by atoms with Crippen molar-refractivity contribution in [2.45, 2.75) is 0 Å². The first kappa shape index (κ1) is 10.7. The molecule has 0 radical (unpaired) electrons. The van der Waals surface area contributed by atoms with Gasteiger partial charge in [0.25, 0.3) is 0 Å². The van der Waals surface area contributed by atoms with Gasteiger partial charge < -0.3 is 14.6 Å². The standard InChI is InChI=1S/C9H9ClO4/c1-13-7-4-5(10)3-6(8(7)11)9(12)14-2/h3-4,11H,1-2H3. The minimum absolute atomic E-state index is 0.0168. The lowest BCUT2D eigenvalue weighted by atomic mass is 10.2. The lowest BCUT2D eigenvalue weighted by Gasteiger charge is -2.07. The molecule has 0 aromatic heterocycles. The molecule has 1 aromatic rings. The van der Waals surface area contributed by atoms with Crippen LogP contribution < -0.4 is 4.74 Å². The number of carbonyl (C=O) groups excluding carboxylic acids is 1. The van der Waals surface area contributed by atoms with Crippen LogP contribution in [0.1, 0.15) is 10.4 Å². The van der Waals surface area contributed by atoms with Gasteiger partial charge in [0, 0.05) is 11.1 Å². The summed E-state index contributed by atoms with van der Waals surface area (Å²) >= 11 is 5.70. The summed E-state index contributed by atoms with van der Waals surface area (Å²) in [6, 6.07) is 2.72. The van der Waals surface area contributed by atoms with E-state index in [0.717, 1.165) is 0 Å². The third-order valence-corrected chi connectivity index (χ3v) is 1.88. The summed E-state index contributed by atoms with van der Waals surface area (Å²) in [5, 5.41) is 9.82. The number of phenolic OH excluding ortho intramolecular Hbond substituents is 1. The molecule has 0 aliphatic heterocycles. The van der Waals surface area contributed by atoms with Crippen LogP contribution in [0, 0.1) is 0 Å². The predicted molar refractivity (Wildman–Crippen MR) is 51.0 cm³/mol. The largest absolute Gasteiger partial charge is 0.504 e. The van der Waals surface area contributed by atoms with Crippen molar-refractivity contribution in [2.24, 2.45) is 0 Å². The predicted octanol–water partition coefficient (Wildman–Crippen LogP) is 1.84. The summed E-state index contributed by atoms with van der Waals surface area (Å²) in [5.74, 6) is -0.801. The Morgan fingerprint density at radius 3 is 2.57 bits per heavy atom. The number of benzene rings is 1. The number of hydrogen-bond donors (Lipinski definition) is 1. The average Bonchev–Trinajstić information content (AvgIpc) is 2.19. The van der Waals surface area contributed by atoms with Gasteiger partial charge in [0.1, 0.15) is 5.56 Å². The summed E-state index contributed by atoms with van der Waals surface area (Å²) in [4.78, 5) is 11.2. The molecular weight excluding hydrogens is 208 g/mol. The van der Waals surface area contributed by atoms with Crippen LogP contribution in [0.25, 0.3) is 0 Å². The van der Waals surface area contributed by atoms with E-state index in [1.54, 1.807) is 0 Å². The van der Waals surface area contributed by atoms with Crippen LogP contribution in [0.4, 0.5) is 0 Å². The van der Waals surface area contributed by atoms with Crippen LogP contribution in [0.5, 0.6) is 11.5 Å². The normalized spacial score (nSPS) is 9.64. The molecule has 0 heterocycles. The molecule has 0 bridgehead atoms.